The Balaban J connectivity index is 2.30. The second-order valence-electron chi connectivity index (χ2n) is 5.11. The molecule has 0 saturated carbocycles. The van der Waals surface area contributed by atoms with Gasteiger partial charge in [0.1, 0.15) is 16.3 Å². The summed E-state index contributed by atoms with van der Waals surface area (Å²) in [5, 5.41) is 16.3. The highest BCUT2D eigenvalue weighted by Crippen LogP contribution is 2.34. The molecule has 3 rings (SSSR count). The van der Waals surface area contributed by atoms with Crippen LogP contribution in [0.5, 0.6) is 0 Å². The van der Waals surface area contributed by atoms with Gasteiger partial charge in [-0.25, -0.2) is 32.2 Å². The number of sulfonamides is 1. The predicted molar refractivity (Wildman–Crippen MR) is 101 cm³/mol. The molecule has 0 aliphatic carbocycles. The lowest BCUT2D eigenvalue weighted by Crippen LogP contribution is -2.21. The van der Waals surface area contributed by atoms with Crippen LogP contribution in [-0.4, -0.2) is 28.6 Å². The quantitative estimate of drug-likeness (QED) is 0.443. The predicted octanol–water partition coefficient (Wildman–Crippen LogP) is 1.88. The molecule has 0 aliphatic heterocycles. The fraction of sp³-hybridized carbons (Fsp3) is 0. The fourth-order valence-electron chi connectivity index (χ4n) is 2.16. The highest BCUT2D eigenvalue weighted by Gasteiger charge is 2.27. The number of benzene rings is 2. The van der Waals surface area contributed by atoms with E-state index in [1.54, 1.807) is 12.1 Å². The number of aromatic amines is 1. The van der Waals surface area contributed by atoms with Gasteiger partial charge in [0.15, 0.2) is 11.6 Å². The van der Waals surface area contributed by atoms with Gasteiger partial charge < -0.3 is 5.32 Å². The number of halogens is 4. The minimum atomic E-state index is -4.63. The minimum Gasteiger partial charge on any atom is -0.350 e. The van der Waals surface area contributed by atoms with Crippen LogP contribution >= 0.6 is 34.2 Å². The first-order valence-electron chi connectivity index (χ1n) is 6.87. The maximum Gasteiger partial charge on any atom is 0.365 e. The molecule has 0 atom stereocenters. The van der Waals surface area contributed by atoms with Gasteiger partial charge in [0, 0.05) is 3.57 Å². The molecule has 4 N–H and O–H groups in total. The largest absolute Gasteiger partial charge is 0.365 e. The summed E-state index contributed by atoms with van der Waals surface area (Å²) in [5.41, 5.74) is -1.76. The molecule has 14 heteroatoms. The van der Waals surface area contributed by atoms with Gasteiger partial charge >= 0.3 is 5.69 Å². The first-order chi connectivity index (χ1) is 12.6. The lowest BCUT2D eigenvalue weighted by Gasteiger charge is -2.15. The molecule has 9 nitrogen and oxygen atoms in total. The van der Waals surface area contributed by atoms with Crippen molar-refractivity contribution in [3.05, 3.63) is 55.0 Å². The van der Waals surface area contributed by atoms with Gasteiger partial charge in [-0.3, -0.25) is 0 Å². The van der Waals surface area contributed by atoms with Crippen LogP contribution in [0, 0.1) is 15.2 Å². The molecule has 0 aliphatic rings. The van der Waals surface area contributed by atoms with Crippen molar-refractivity contribution in [3.63, 3.8) is 0 Å². The smallest absolute Gasteiger partial charge is 0.350 e. The summed E-state index contributed by atoms with van der Waals surface area (Å²) < 4.78 is 53.5. The van der Waals surface area contributed by atoms with Crippen LogP contribution < -0.4 is 16.1 Å². The van der Waals surface area contributed by atoms with Crippen LogP contribution in [0.3, 0.4) is 0 Å². The Kier molecular flexibility index (Phi) is 5.20. The monoisotopic (exact) mass is 528 g/mol. The van der Waals surface area contributed by atoms with E-state index in [1.165, 1.54) is 6.07 Å². The van der Waals surface area contributed by atoms with Gasteiger partial charge in [0.2, 0.25) is 10.0 Å². The topological polar surface area (TPSA) is 136 Å². The highest BCUT2D eigenvalue weighted by atomic mass is 127. The Labute approximate surface area is 168 Å². The summed E-state index contributed by atoms with van der Waals surface area (Å²) in [4.78, 5) is 10.7. The van der Waals surface area contributed by atoms with E-state index >= 15 is 0 Å². The molecule has 0 spiro atoms. The van der Waals surface area contributed by atoms with Crippen LogP contribution in [0.15, 0.2) is 34.0 Å². The Bertz CT molecular complexity index is 1210. The number of nitrogens with one attached hydrogen (secondary N) is 2. The second-order valence-corrected chi connectivity index (χ2v) is 8.29. The number of nitrogens with zero attached hydrogens (tertiary/aromatic N) is 3. The summed E-state index contributed by atoms with van der Waals surface area (Å²) >= 11 is 8.08. The summed E-state index contributed by atoms with van der Waals surface area (Å²) in [7, 11) is -4.63. The lowest BCUT2D eigenvalue weighted by atomic mass is 10.2. The summed E-state index contributed by atoms with van der Waals surface area (Å²) in [6.07, 6.45) is 0. The van der Waals surface area contributed by atoms with Gasteiger partial charge in [0.25, 0.3) is 0 Å². The zero-order valence-corrected chi connectivity index (χ0v) is 16.6. The van der Waals surface area contributed by atoms with Crippen LogP contribution in [0.1, 0.15) is 0 Å². The van der Waals surface area contributed by atoms with Gasteiger partial charge in [-0.15, -0.1) is 0 Å². The maximum absolute atomic E-state index is 14.7. The van der Waals surface area contributed by atoms with E-state index in [-0.39, 0.29) is 10.7 Å². The van der Waals surface area contributed by atoms with E-state index in [0.29, 0.717) is 10.7 Å². The van der Waals surface area contributed by atoms with E-state index in [2.05, 4.69) is 15.7 Å². The standard InChI is InChI=1S/C13H8ClF2IN6O3S/c14-6-3-5(17)1-2-7(6)19-12-8(23-13(24)20-21-22-23)4-9(27(18,25)26)10(15)11(12)16/h1-4,19H,(H2,18,25,26)(H,20,22,24). The average Bonchev–Trinajstić information content (AvgIpc) is 2.99. The van der Waals surface area contributed by atoms with Gasteiger partial charge in [-0.2, -0.15) is 4.68 Å². The number of nitrogens with two attached hydrogens (primary N) is 1. The maximum atomic E-state index is 14.7. The van der Waals surface area contributed by atoms with Crippen molar-refractivity contribution in [2.75, 3.05) is 5.32 Å². The molecule has 1 aromatic heterocycles. The number of rotatable bonds is 4. The van der Waals surface area contributed by atoms with Crippen LogP contribution in [0.4, 0.5) is 20.2 Å². The minimum absolute atomic E-state index is 0.177. The summed E-state index contributed by atoms with van der Waals surface area (Å²) in [6.45, 7) is 0. The van der Waals surface area contributed by atoms with Gasteiger partial charge in [-0.1, -0.05) is 11.6 Å². The van der Waals surface area contributed by atoms with Crippen LogP contribution in [0.2, 0.25) is 5.02 Å². The third-order valence-corrected chi connectivity index (χ3v) is 5.24. The number of primary sulfonamides is 1. The molecule has 0 unspecified atom stereocenters. The molecule has 0 bridgehead atoms. The van der Waals surface area contributed by atoms with Crippen molar-refractivity contribution in [3.8, 4) is 5.69 Å². The van der Waals surface area contributed by atoms with Crippen molar-refractivity contribution in [1.82, 2.24) is 20.2 Å². The Morgan fingerprint density at radius 2 is 1.96 bits per heavy atom. The van der Waals surface area contributed by atoms with E-state index in [9.17, 15) is 22.0 Å². The van der Waals surface area contributed by atoms with Crippen molar-refractivity contribution < 1.29 is 17.2 Å². The molecule has 27 heavy (non-hydrogen) atoms. The highest BCUT2D eigenvalue weighted by molar-refractivity contribution is 14.1. The Hall–Kier alpha value is -2.10. The van der Waals surface area contributed by atoms with E-state index < -0.39 is 43.6 Å². The number of aromatic nitrogens is 4. The zero-order chi connectivity index (χ0) is 19.9. The number of hydrogen-bond donors (Lipinski definition) is 3. The fourth-order valence-corrected chi connectivity index (χ4v) is 3.68. The van der Waals surface area contributed by atoms with Crippen LogP contribution in [-0.2, 0) is 10.0 Å². The second kappa shape index (κ2) is 7.14. The first-order valence-corrected chi connectivity index (χ1v) is 9.87. The normalized spacial score (nSPS) is 11.6. The zero-order valence-electron chi connectivity index (χ0n) is 12.9. The number of hydrogen-bond acceptors (Lipinski definition) is 6. The van der Waals surface area contributed by atoms with E-state index in [0.717, 1.165) is 3.57 Å². The van der Waals surface area contributed by atoms with Gasteiger partial charge in [0.05, 0.1) is 10.7 Å². The lowest BCUT2D eigenvalue weighted by molar-refractivity contribution is 0.486. The van der Waals surface area contributed by atoms with Crippen molar-refractivity contribution in [2.45, 2.75) is 4.90 Å². The SMILES string of the molecule is NS(=O)(=O)c1cc(-n2nn[nH]c2=O)c(Nc2ccc(I)cc2Cl)c(F)c1F. The third-order valence-electron chi connectivity index (χ3n) is 3.35. The van der Waals surface area contributed by atoms with Crippen molar-refractivity contribution in [2.24, 2.45) is 5.14 Å². The molecule has 0 fully saturated rings. The Morgan fingerprint density at radius 1 is 1.26 bits per heavy atom. The molecule has 0 amide bonds. The van der Waals surface area contributed by atoms with Crippen molar-refractivity contribution in [1.29, 1.82) is 0 Å². The number of tetrazole rings is 1. The van der Waals surface area contributed by atoms with Crippen LogP contribution in [0.25, 0.3) is 5.69 Å². The van der Waals surface area contributed by atoms with E-state index in [1.807, 2.05) is 27.7 Å². The Morgan fingerprint density at radius 3 is 2.52 bits per heavy atom. The molecule has 3 aromatic rings. The van der Waals surface area contributed by atoms with Gasteiger partial charge in [-0.05, 0) is 57.3 Å². The molecule has 142 valence electrons. The first kappa shape index (κ1) is 19.7. The molecule has 2 aromatic carbocycles. The number of H-pyrrole nitrogens is 1. The van der Waals surface area contributed by atoms with E-state index in [4.69, 9.17) is 16.7 Å². The average molecular weight is 529 g/mol. The summed E-state index contributed by atoms with van der Waals surface area (Å²) in [5.74, 6) is -3.32. The summed E-state index contributed by atoms with van der Waals surface area (Å²) in [6, 6.07) is 5.36. The third kappa shape index (κ3) is 3.80. The van der Waals surface area contributed by atoms with Crippen molar-refractivity contribution >= 4 is 55.6 Å². The molecule has 0 saturated heterocycles. The molecule has 1 heterocycles. The molecule has 0 radical (unpaired) electrons. The molecular formula is C13H8ClF2IN6O3S. The molecular weight excluding hydrogens is 521 g/mol. The number of anilines is 2.